The van der Waals surface area contributed by atoms with E-state index in [2.05, 4.69) is 10.5 Å². The van der Waals surface area contributed by atoms with Gasteiger partial charge in [0.2, 0.25) is 0 Å². The molecule has 0 atom stereocenters. The number of ether oxygens (including phenoxy) is 1. The Hall–Kier alpha value is -2.96. The Kier molecular flexibility index (Phi) is 5.62. The average Bonchev–Trinajstić information content (AvgIpc) is 2.55. The molecule has 6 nitrogen and oxygen atoms in total. The summed E-state index contributed by atoms with van der Waals surface area (Å²) in [6.45, 7) is 2.34. The fourth-order valence-electron chi connectivity index (χ4n) is 1.80. The van der Waals surface area contributed by atoms with Gasteiger partial charge in [-0.25, -0.2) is 4.39 Å². The topological polar surface area (TPSA) is 76.8 Å². The van der Waals surface area contributed by atoms with Crippen LogP contribution in [0, 0.1) is 15.9 Å². The largest absolute Gasteiger partial charge is 0.487 e. The van der Waals surface area contributed by atoms with Crippen molar-refractivity contribution < 1.29 is 14.1 Å². The van der Waals surface area contributed by atoms with Gasteiger partial charge in [-0.1, -0.05) is 6.92 Å². The molecular formula is C16H16FN3O3. The van der Waals surface area contributed by atoms with Gasteiger partial charge in [0.15, 0.2) is 5.75 Å². The van der Waals surface area contributed by atoms with Gasteiger partial charge in [0, 0.05) is 11.6 Å². The van der Waals surface area contributed by atoms with Gasteiger partial charge in [-0.15, -0.1) is 0 Å². The molecule has 0 aliphatic rings. The highest BCUT2D eigenvalue weighted by Crippen LogP contribution is 2.27. The van der Waals surface area contributed by atoms with Crippen LogP contribution in [0.5, 0.6) is 5.75 Å². The number of nitro benzene ring substituents is 1. The first-order valence-corrected chi connectivity index (χ1v) is 7.06. The number of hydrogen-bond acceptors (Lipinski definition) is 5. The van der Waals surface area contributed by atoms with Crippen LogP contribution in [0.4, 0.5) is 15.8 Å². The summed E-state index contributed by atoms with van der Waals surface area (Å²) < 4.78 is 18.1. The van der Waals surface area contributed by atoms with E-state index in [0.29, 0.717) is 17.9 Å². The molecule has 0 aromatic heterocycles. The summed E-state index contributed by atoms with van der Waals surface area (Å²) in [5.74, 6) is -0.0988. The number of hydrogen-bond donors (Lipinski definition) is 1. The summed E-state index contributed by atoms with van der Waals surface area (Å²) >= 11 is 0. The minimum atomic E-state index is -0.490. The van der Waals surface area contributed by atoms with Crippen LogP contribution >= 0.6 is 0 Å². The van der Waals surface area contributed by atoms with Crippen molar-refractivity contribution in [2.45, 2.75) is 13.3 Å². The molecule has 0 amide bonds. The number of nitrogens with zero attached hydrogens (tertiary/aromatic N) is 2. The number of halogens is 1. The minimum absolute atomic E-state index is 0.107. The molecule has 0 bridgehead atoms. The third-order valence-electron chi connectivity index (χ3n) is 2.89. The van der Waals surface area contributed by atoms with Gasteiger partial charge in [0.1, 0.15) is 5.82 Å². The molecule has 0 radical (unpaired) electrons. The maximum Gasteiger partial charge on any atom is 0.311 e. The predicted octanol–water partition coefficient (Wildman–Crippen LogP) is 3.97. The predicted molar refractivity (Wildman–Crippen MR) is 86.5 cm³/mol. The normalized spacial score (nSPS) is 10.7. The zero-order valence-corrected chi connectivity index (χ0v) is 12.5. The van der Waals surface area contributed by atoms with Crippen LogP contribution in [-0.2, 0) is 0 Å². The minimum Gasteiger partial charge on any atom is -0.487 e. The van der Waals surface area contributed by atoms with Crippen LogP contribution < -0.4 is 10.2 Å². The average molecular weight is 317 g/mol. The Bertz CT molecular complexity index is 702. The van der Waals surface area contributed by atoms with Crippen molar-refractivity contribution in [1.29, 1.82) is 0 Å². The van der Waals surface area contributed by atoms with Crippen LogP contribution in [-0.4, -0.2) is 17.7 Å². The zero-order chi connectivity index (χ0) is 16.7. The lowest BCUT2D eigenvalue weighted by molar-refractivity contribution is -0.385. The summed E-state index contributed by atoms with van der Waals surface area (Å²) in [5.41, 5.74) is 3.77. The second kappa shape index (κ2) is 7.88. The number of nitrogens with one attached hydrogen (secondary N) is 1. The van der Waals surface area contributed by atoms with Crippen LogP contribution in [0.1, 0.15) is 18.9 Å². The number of benzene rings is 2. The SMILES string of the molecule is CCCOc1ccc(/C=N/Nc2ccc(F)cc2)cc1[N+](=O)[O-]. The molecule has 23 heavy (non-hydrogen) atoms. The van der Waals surface area contributed by atoms with Crippen LogP contribution in [0.3, 0.4) is 0 Å². The van der Waals surface area contributed by atoms with Gasteiger partial charge >= 0.3 is 5.69 Å². The molecule has 120 valence electrons. The fraction of sp³-hybridized carbons (Fsp3) is 0.188. The molecule has 2 aromatic rings. The molecule has 0 aliphatic heterocycles. The lowest BCUT2D eigenvalue weighted by atomic mass is 10.2. The van der Waals surface area contributed by atoms with E-state index in [1.165, 1.54) is 36.5 Å². The lowest BCUT2D eigenvalue weighted by Gasteiger charge is -2.05. The van der Waals surface area contributed by atoms with E-state index < -0.39 is 4.92 Å². The molecule has 0 saturated carbocycles. The standard InChI is InChI=1S/C16H16FN3O3/c1-2-9-23-16-8-3-12(10-15(16)20(21)22)11-18-19-14-6-4-13(17)5-7-14/h3-8,10-11,19H,2,9H2,1H3/b18-11+. The van der Waals surface area contributed by atoms with Gasteiger partial charge in [-0.3, -0.25) is 15.5 Å². The summed E-state index contributed by atoms with van der Waals surface area (Å²) in [4.78, 5) is 10.6. The molecule has 7 heteroatoms. The Balaban J connectivity index is 2.10. The van der Waals surface area contributed by atoms with Crippen molar-refractivity contribution >= 4 is 17.6 Å². The maximum atomic E-state index is 12.8. The van der Waals surface area contributed by atoms with E-state index in [1.807, 2.05) is 6.92 Å². The van der Waals surface area contributed by atoms with E-state index in [0.717, 1.165) is 6.42 Å². The van der Waals surface area contributed by atoms with Gasteiger partial charge in [-0.2, -0.15) is 5.10 Å². The first kappa shape index (κ1) is 16.4. The Morgan fingerprint density at radius 3 is 2.70 bits per heavy atom. The second-order valence-corrected chi connectivity index (χ2v) is 4.71. The number of anilines is 1. The first-order chi connectivity index (χ1) is 11.1. The maximum absolute atomic E-state index is 12.8. The lowest BCUT2D eigenvalue weighted by Crippen LogP contribution is -2.00. The van der Waals surface area contributed by atoms with Crippen molar-refractivity contribution in [3.05, 3.63) is 64.0 Å². The Labute approximate surface area is 132 Å². The van der Waals surface area contributed by atoms with E-state index in [4.69, 9.17) is 4.74 Å². The van der Waals surface area contributed by atoms with Gasteiger partial charge < -0.3 is 4.74 Å². The Morgan fingerprint density at radius 2 is 2.04 bits per heavy atom. The molecule has 0 saturated heterocycles. The van der Waals surface area contributed by atoms with Crippen molar-refractivity contribution in [2.75, 3.05) is 12.0 Å². The van der Waals surface area contributed by atoms with Gasteiger partial charge in [0.05, 0.1) is 23.4 Å². The summed E-state index contributed by atoms with van der Waals surface area (Å²) in [6.07, 6.45) is 2.21. The number of nitro groups is 1. The van der Waals surface area contributed by atoms with Crippen molar-refractivity contribution in [2.24, 2.45) is 5.10 Å². The molecule has 0 unspecified atom stereocenters. The van der Waals surface area contributed by atoms with E-state index >= 15 is 0 Å². The molecule has 0 aliphatic carbocycles. The van der Waals surface area contributed by atoms with Gasteiger partial charge in [-0.05, 0) is 42.8 Å². The van der Waals surface area contributed by atoms with Crippen molar-refractivity contribution in [3.8, 4) is 5.75 Å². The highest BCUT2D eigenvalue weighted by Gasteiger charge is 2.15. The van der Waals surface area contributed by atoms with E-state index in [-0.39, 0.29) is 17.3 Å². The zero-order valence-electron chi connectivity index (χ0n) is 12.5. The monoisotopic (exact) mass is 317 g/mol. The molecule has 0 fully saturated rings. The van der Waals surface area contributed by atoms with Crippen LogP contribution in [0.15, 0.2) is 47.6 Å². The molecule has 0 spiro atoms. The summed E-state index contributed by atoms with van der Waals surface area (Å²) in [6, 6.07) is 10.3. The highest BCUT2D eigenvalue weighted by atomic mass is 19.1. The van der Waals surface area contributed by atoms with Crippen LogP contribution in [0.2, 0.25) is 0 Å². The molecular weight excluding hydrogens is 301 g/mol. The summed E-state index contributed by atoms with van der Waals surface area (Å²) in [5, 5.41) is 15.1. The second-order valence-electron chi connectivity index (χ2n) is 4.71. The highest BCUT2D eigenvalue weighted by molar-refractivity contribution is 5.82. The van der Waals surface area contributed by atoms with Gasteiger partial charge in [0.25, 0.3) is 0 Å². The first-order valence-electron chi connectivity index (χ1n) is 7.06. The third kappa shape index (κ3) is 4.77. The van der Waals surface area contributed by atoms with E-state index in [9.17, 15) is 14.5 Å². The molecule has 2 rings (SSSR count). The number of rotatable bonds is 7. The molecule has 2 aromatic carbocycles. The van der Waals surface area contributed by atoms with E-state index in [1.54, 1.807) is 12.1 Å². The summed E-state index contributed by atoms with van der Waals surface area (Å²) in [7, 11) is 0. The molecule has 0 heterocycles. The third-order valence-corrected chi connectivity index (χ3v) is 2.89. The molecule has 1 N–H and O–H groups in total. The smallest absolute Gasteiger partial charge is 0.311 e. The van der Waals surface area contributed by atoms with Crippen molar-refractivity contribution in [3.63, 3.8) is 0 Å². The van der Waals surface area contributed by atoms with Crippen molar-refractivity contribution in [1.82, 2.24) is 0 Å². The van der Waals surface area contributed by atoms with Crippen LogP contribution in [0.25, 0.3) is 0 Å². The quantitative estimate of drug-likeness (QED) is 0.476. The Morgan fingerprint density at radius 1 is 1.30 bits per heavy atom. The number of hydrazone groups is 1. The fourth-order valence-corrected chi connectivity index (χ4v) is 1.80.